The number of hydrogen-bond donors (Lipinski definition) is 2. The van der Waals surface area contributed by atoms with E-state index in [1.807, 2.05) is 22.9 Å². The Balaban J connectivity index is 1.51. The van der Waals surface area contributed by atoms with E-state index in [0.29, 0.717) is 12.4 Å². The lowest BCUT2D eigenvalue weighted by Gasteiger charge is -2.13. The van der Waals surface area contributed by atoms with Gasteiger partial charge in [-0.3, -0.25) is 0 Å². The first-order chi connectivity index (χ1) is 14.9. The van der Waals surface area contributed by atoms with Gasteiger partial charge in [0.05, 0.1) is 17.6 Å². The van der Waals surface area contributed by atoms with Crippen LogP contribution >= 0.6 is 0 Å². The molecule has 2 N–H and O–H groups in total. The van der Waals surface area contributed by atoms with Crippen LogP contribution in [0.3, 0.4) is 0 Å². The Kier molecular flexibility index (Phi) is 7.50. The number of rotatable bonds is 8. The second-order valence-electron chi connectivity index (χ2n) is 8.61. The van der Waals surface area contributed by atoms with Crippen molar-refractivity contribution in [2.45, 2.75) is 59.4 Å². The van der Waals surface area contributed by atoms with Crippen LogP contribution in [0.2, 0.25) is 0 Å². The van der Waals surface area contributed by atoms with Gasteiger partial charge in [-0.15, -0.1) is 0 Å². The van der Waals surface area contributed by atoms with E-state index >= 15 is 0 Å². The van der Waals surface area contributed by atoms with Gasteiger partial charge >= 0.3 is 0 Å². The maximum Gasteiger partial charge on any atom is 0.216 e. The molecule has 0 aliphatic carbocycles. The van der Waals surface area contributed by atoms with Crippen molar-refractivity contribution in [2.24, 2.45) is 4.99 Å². The zero-order valence-electron chi connectivity index (χ0n) is 19.3. The van der Waals surface area contributed by atoms with Crippen LogP contribution in [0, 0.1) is 6.92 Å². The fourth-order valence-electron chi connectivity index (χ4n) is 3.16. The SMILES string of the molecule is CCNC(=NCc1ncc(C(C)(C)C)o1)NCCCc1cn(-c2ccccc2)nc1C. The molecule has 3 aromatic rings. The molecule has 0 fully saturated rings. The highest BCUT2D eigenvalue weighted by Gasteiger charge is 2.19. The van der Waals surface area contributed by atoms with Crippen molar-refractivity contribution < 1.29 is 4.42 Å². The molecule has 1 aromatic carbocycles. The van der Waals surface area contributed by atoms with Crippen LogP contribution in [0.4, 0.5) is 0 Å². The summed E-state index contributed by atoms with van der Waals surface area (Å²) in [5.74, 6) is 2.28. The highest BCUT2D eigenvalue weighted by Crippen LogP contribution is 2.22. The summed E-state index contributed by atoms with van der Waals surface area (Å²) in [6.07, 6.45) is 5.86. The maximum absolute atomic E-state index is 5.83. The minimum Gasteiger partial charge on any atom is -0.443 e. The summed E-state index contributed by atoms with van der Waals surface area (Å²) < 4.78 is 7.78. The lowest BCUT2D eigenvalue weighted by Crippen LogP contribution is -2.37. The number of aliphatic imine (C=N–C) groups is 1. The first-order valence-corrected chi connectivity index (χ1v) is 10.9. The monoisotopic (exact) mass is 422 g/mol. The third-order valence-corrected chi connectivity index (χ3v) is 4.95. The Labute approximate surface area is 185 Å². The van der Waals surface area contributed by atoms with Crippen molar-refractivity contribution in [3.05, 3.63) is 65.6 Å². The van der Waals surface area contributed by atoms with Gasteiger partial charge in [0.1, 0.15) is 12.3 Å². The van der Waals surface area contributed by atoms with Crippen molar-refractivity contribution in [3.63, 3.8) is 0 Å². The second-order valence-corrected chi connectivity index (χ2v) is 8.61. The van der Waals surface area contributed by atoms with E-state index in [2.05, 4.69) is 78.7 Å². The van der Waals surface area contributed by atoms with E-state index in [-0.39, 0.29) is 5.41 Å². The molecule has 2 aromatic heterocycles. The Morgan fingerprint density at radius 2 is 1.94 bits per heavy atom. The van der Waals surface area contributed by atoms with E-state index in [0.717, 1.165) is 49.0 Å². The van der Waals surface area contributed by atoms with E-state index in [4.69, 9.17) is 4.42 Å². The molecule has 7 heteroatoms. The average Bonchev–Trinajstić information content (AvgIpc) is 3.37. The number of oxazole rings is 1. The van der Waals surface area contributed by atoms with Crippen molar-refractivity contribution in [1.82, 2.24) is 25.4 Å². The molecule has 3 rings (SSSR count). The molecule has 0 saturated carbocycles. The molecule has 0 bridgehead atoms. The van der Waals surface area contributed by atoms with Gasteiger partial charge in [0.25, 0.3) is 0 Å². The number of hydrogen-bond acceptors (Lipinski definition) is 4. The fourth-order valence-corrected chi connectivity index (χ4v) is 3.16. The summed E-state index contributed by atoms with van der Waals surface area (Å²) in [5.41, 5.74) is 3.37. The molecule has 166 valence electrons. The molecule has 0 radical (unpaired) electrons. The molecule has 31 heavy (non-hydrogen) atoms. The fraction of sp³-hybridized carbons (Fsp3) is 0.458. The van der Waals surface area contributed by atoms with Gasteiger partial charge in [-0.1, -0.05) is 39.0 Å². The lowest BCUT2D eigenvalue weighted by atomic mass is 9.94. The molecular formula is C24H34N6O. The zero-order valence-corrected chi connectivity index (χ0v) is 19.3. The first kappa shape index (κ1) is 22.6. The van der Waals surface area contributed by atoms with E-state index < -0.39 is 0 Å². The summed E-state index contributed by atoms with van der Waals surface area (Å²) in [7, 11) is 0. The number of aryl methyl sites for hydroxylation is 2. The topological polar surface area (TPSA) is 80.3 Å². The molecule has 0 unspecified atom stereocenters. The molecule has 2 heterocycles. The smallest absolute Gasteiger partial charge is 0.216 e. The highest BCUT2D eigenvalue weighted by atomic mass is 16.4. The lowest BCUT2D eigenvalue weighted by molar-refractivity contribution is 0.383. The Morgan fingerprint density at radius 3 is 2.61 bits per heavy atom. The number of nitrogens with zero attached hydrogens (tertiary/aromatic N) is 4. The first-order valence-electron chi connectivity index (χ1n) is 10.9. The van der Waals surface area contributed by atoms with Gasteiger partial charge in [0, 0.05) is 24.7 Å². The Hall–Kier alpha value is -3.09. The minimum atomic E-state index is -0.0514. The van der Waals surface area contributed by atoms with Crippen LogP contribution in [-0.4, -0.2) is 33.8 Å². The van der Waals surface area contributed by atoms with E-state index in [1.165, 1.54) is 5.56 Å². The summed E-state index contributed by atoms with van der Waals surface area (Å²) in [6.45, 7) is 12.5. The van der Waals surface area contributed by atoms with Crippen molar-refractivity contribution in [1.29, 1.82) is 0 Å². The maximum atomic E-state index is 5.83. The van der Waals surface area contributed by atoms with Crippen molar-refractivity contribution in [2.75, 3.05) is 13.1 Å². The Bertz CT molecular complexity index is 981. The van der Waals surface area contributed by atoms with Crippen LogP contribution in [0.25, 0.3) is 5.69 Å². The Morgan fingerprint density at radius 1 is 1.16 bits per heavy atom. The quantitative estimate of drug-likeness (QED) is 0.324. The van der Waals surface area contributed by atoms with Gasteiger partial charge in [-0.25, -0.2) is 14.7 Å². The van der Waals surface area contributed by atoms with Crippen molar-refractivity contribution in [3.8, 4) is 5.69 Å². The number of nitrogens with one attached hydrogen (secondary N) is 2. The molecular weight excluding hydrogens is 388 g/mol. The summed E-state index contributed by atoms with van der Waals surface area (Å²) in [5, 5.41) is 11.3. The molecule has 7 nitrogen and oxygen atoms in total. The van der Waals surface area contributed by atoms with Gasteiger partial charge in [0.15, 0.2) is 5.96 Å². The van der Waals surface area contributed by atoms with Crippen LogP contribution in [0.5, 0.6) is 0 Å². The minimum absolute atomic E-state index is 0.0514. The average molecular weight is 423 g/mol. The highest BCUT2D eigenvalue weighted by molar-refractivity contribution is 5.79. The van der Waals surface area contributed by atoms with Crippen LogP contribution < -0.4 is 10.6 Å². The van der Waals surface area contributed by atoms with Gasteiger partial charge in [-0.2, -0.15) is 5.10 Å². The second kappa shape index (κ2) is 10.3. The standard InChI is InChI=1S/C24H34N6O/c1-6-25-23(28-16-22-27-15-21(31-22)24(3,4)5)26-14-10-11-19-17-30(29-18(19)2)20-12-8-7-9-13-20/h7-9,12-13,15,17H,6,10-11,14,16H2,1-5H3,(H2,25,26,28). The van der Waals surface area contributed by atoms with Crippen molar-refractivity contribution >= 4 is 5.96 Å². The molecule has 0 aliphatic heterocycles. The molecule has 0 saturated heterocycles. The van der Waals surface area contributed by atoms with Gasteiger partial charge in [-0.05, 0) is 44.4 Å². The molecule has 0 atom stereocenters. The molecule has 0 spiro atoms. The number of guanidine groups is 1. The van der Waals surface area contributed by atoms with Gasteiger partial charge in [0.2, 0.25) is 5.89 Å². The van der Waals surface area contributed by atoms with Crippen LogP contribution in [-0.2, 0) is 18.4 Å². The van der Waals surface area contributed by atoms with Gasteiger partial charge < -0.3 is 15.1 Å². The van der Waals surface area contributed by atoms with E-state index in [1.54, 1.807) is 6.20 Å². The predicted molar refractivity (Wildman–Crippen MR) is 125 cm³/mol. The third kappa shape index (κ3) is 6.44. The summed E-state index contributed by atoms with van der Waals surface area (Å²) >= 11 is 0. The summed E-state index contributed by atoms with van der Waals surface area (Å²) in [4.78, 5) is 8.96. The zero-order chi connectivity index (χ0) is 22.3. The van der Waals surface area contributed by atoms with Crippen LogP contribution in [0.15, 0.2) is 52.1 Å². The van der Waals surface area contributed by atoms with E-state index in [9.17, 15) is 0 Å². The number of aromatic nitrogens is 3. The molecule has 0 aliphatic rings. The van der Waals surface area contributed by atoms with Crippen LogP contribution in [0.1, 0.15) is 57.0 Å². The third-order valence-electron chi connectivity index (χ3n) is 4.95. The number of para-hydroxylation sites is 1. The normalized spacial score (nSPS) is 12.2. The largest absolute Gasteiger partial charge is 0.443 e. The number of benzene rings is 1. The molecule has 0 amide bonds. The predicted octanol–water partition coefficient (Wildman–Crippen LogP) is 4.15. The summed E-state index contributed by atoms with van der Waals surface area (Å²) in [6, 6.07) is 10.2.